The van der Waals surface area contributed by atoms with Crippen LogP contribution in [0.25, 0.3) is 0 Å². The molecule has 12 heavy (non-hydrogen) atoms. The SMILES string of the molecule is NC(C(=O)O)C1CC1C(F)(F)F. The summed E-state index contributed by atoms with van der Waals surface area (Å²) in [6.45, 7) is 0. The minimum atomic E-state index is -4.29. The highest BCUT2D eigenvalue weighted by molar-refractivity contribution is 5.74. The van der Waals surface area contributed by atoms with E-state index in [9.17, 15) is 18.0 Å². The van der Waals surface area contributed by atoms with Gasteiger partial charge >= 0.3 is 12.1 Å². The fraction of sp³-hybridized carbons (Fsp3) is 0.833. The molecule has 1 aliphatic carbocycles. The number of hydrogen-bond donors (Lipinski definition) is 2. The zero-order valence-electron chi connectivity index (χ0n) is 6.01. The Kier molecular flexibility index (Phi) is 2.03. The molecule has 3 atom stereocenters. The minimum absolute atomic E-state index is 0.156. The van der Waals surface area contributed by atoms with E-state index in [4.69, 9.17) is 10.8 Å². The van der Waals surface area contributed by atoms with Gasteiger partial charge in [-0.3, -0.25) is 4.79 Å². The standard InChI is InChI=1S/C6H8F3NO2/c7-6(8,9)3-1-2(3)4(10)5(11)12/h2-4H,1,10H2,(H,11,12). The van der Waals surface area contributed by atoms with Gasteiger partial charge in [0.15, 0.2) is 0 Å². The first kappa shape index (κ1) is 9.31. The van der Waals surface area contributed by atoms with Crippen LogP contribution in [0.1, 0.15) is 6.42 Å². The Bertz CT molecular complexity index is 203. The Labute approximate surface area is 66.4 Å². The lowest BCUT2D eigenvalue weighted by atomic mass is 10.1. The van der Waals surface area contributed by atoms with E-state index in [1.807, 2.05) is 0 Å². The zero-order chi connectivity index (χ0) is 9.52. The van der Waals surface area contributed by atoms with E-state index in [0.29, 0.717) is 0 Å². The molecule has 3 nitrogen and oxygen atoms in total. The maximum Gasteiger partial charge on any atom is 0.392 e. The molecule has 1 saturated carbocycles. The van der Waals surface area contributed by atoms with E-state index in [0.717, 1.165) is 0 Å². The van der Waals surface area contributed by atoms with Crippen molar-refractivity contribution in [1.29, 1.82) is 0 Å². The summed E-state index contributed by atoms with van der Waals surface area (Å²) in [4.78, 5) is 10.2. The van der Waals surface area contributed by atoms with Crippen molar-refractivity contribution in [2.45, 2.75) is 18.6 Å². The largest absolute Gasteiger partial charge is 0.480 e. The van der Waals surface area contributed by atoms with Gasteiger partial charge in [-0.2, -0.15) is 13.2 Å². The molecule has 0 aromatic carbocycles. The number of rotatable bonds is 2. The van der Waals surface area contributed by atoms with E-state index in [1.165, 1.54) is 0 Å². The van der Waals surface area contributed by atoms with Crippen molar-refractivity contribution in [3.05, 3.63) is 0 Å². The summed E-state index contributed by atoms with van der Waals surface area (Å²) in [7, 11) is 0. The second kappa shape index (κ2) is 2.62. The van der Waals surface area contributed by atoms with Gasteiger partial charge in [0.2, 0.25) is 0 Å². The van der Waals surface area contributed by atoms with Gasteiger partial charge in [0.1, 0.15) is 6.04 Å². The second-order valence-electron chi connectivity index (χ2n) is 2.91. The van der Waals surface area contributed by atoms with Gasteiger partial charge in [0.25, 0.3) is 0 Å². The highest BCUT2D eigenvalue weighted by Crippen LogP contribution is 2.51. The van der Waals surface area contributed by atoms with Gasteiger partial charge in [-0.25, -0.2) is 0 Å². The molecule has 6 heteroatoms. The number of hydrogen-bond acceptors (Lipinski definition) is 2. The van der Waals surface area contributed by atoms with Crippen LogP contribution in [0.15, 0.2) is 0 Å². The zero-order valence-corrected chi connectivity index (χ0v) is 6.01. The molecule has 0 bridgehead atoms. The van der Waals surface area contributed by atoms with Crippen LogP contribution in [0.4, 0.5) is 13.2 Å². The van der Waals surface area contributed by atoms with Gasteiger partial charge in [0, 0.05) is 0 Å². The van der Waals surface area contributed by atoms with Crippen molar-refractivity contribution < 1.29 is 23.1 Å². The molecular weight excluding hydrogens is 175 g/mol. The van der Waals surface area contributed by atoms with Crippen LogP contribution in [0.3, 0.4) is 0 Å². The molecule has 0 aromatic rings. The summed E-state index contributed by atoms with van der Waals surface area (Å²) >= 11 is 0. The molecule has 0 saturated heterocycles. The summed E-state index contributed by atoms with van der Waals surface area (Å²) in [5.41, 5.74) is 5.01. The minimum Gasteiger partial charge on any atom is -0.480 e. The number of aliphatic carboxylic acids is 1. The smallest absolute Gasteiger partial charge is 0.392 e. The molecule has 1 aliphatic rings. The van der Waals surface area contributed by atoms with Crippen LogP contribution in [0, 0.1) is 11.8 Å². The summed E-state index contributed by atoms with van der Waals surface area (Å²) < 4.78 is 35.6. The number of carbonyl (C=O) groups is 1. The van der Waals surface area contributed by atoms with Crippen molar-refractivity contribution in [3.8, 4) is 0 Å². The Morgan fingerprint density at radius 1 is 1.58 bits per heavy atom. The molecule has 70 valence electrons. The van der Waals surface area contributed by atoms with Gasteiger partial charge in [-0.15, -0.1) is 0 Å². The monoisotopic (exact) mass is 183 g/mol. The van der Waals surface area contributed by atoms with E-state index < -0.39 is 30.0 Å². The van der Waals surface area contributed by atoms with Crippen LogP contribution < -0.4 is 5.73 Å². The molecule has 0 radical (unpaired) electrons. The van der Waals surface area contributed by atoms with Crippen LogP contribution in [0.2, 0.25) is 0 Å². The Morgan fingerprint density at radius 2 is 2.08 bits per heavy atom. The first-order chi connectivity index (χ1) is 5.34. The topological polar surface area (TPSA) is 63.3 Å². The van der Waals surface area contributed by atoms with Gasteiger partial charge in [-0.05, 0) is 12.3 Å². The van der Waals surface area contributed by atoms with Gasteiger partial charge in [0.05, 0.1) is 5.92 Å². The van der Waals surface area contributed by atoms with Crippen molar-refractivity contribution in [2.24, 2.45) is 17.6 Å². The molecule has 0 amide bonds. The van der Waals surface area contributed by atoms with Crippen molar-refractivity contribution in [1.82, 2.24) is 0 Å². The first-order valence-electron chi connectivity index (χ1n) is 3.39. The third kappa shape index (κ3) is 1.69. The Balaban J connectivity index is 2.48. The second-order valence-corrected chi connectivity index (χ2v) is 2.91. The molecule has 0 heterocycles. The molecule has 3 unspecified atom stereocenters. The van der Waals surface area contributed by atoms with E-state index in [2.05, 4.69) is 0 Å². The van der Waals surface area contributed by atoms with E-state index in [1.54, 1.807) is 0 Å². The molecule has 0 aliphatic heterocycles. The van der Waals surface area contributed by atoms with Crippen molar-refractivity contribution >= 4 is 5.97 Å². The number of halogens is 3. The van der Waals surface area contributed by atoms with Crippen LogP contribution in [-0.2, 0) is 4.79 Å². The quantitative estimate of drug-likeness (QED) is 0.658. The summed E-state index contributed by atoms with van der Waals surface area (Å²) in [5.74, 6) is -3.81. The van der Waals surface area contributed by atoms with Crippen molar-refractivity contribution in [2.75, 3.05) is 0 Å². The number of carboxylic acids is 1. The number of nitrogens with two attached hydrogens (primary N) is 1. The lowest BCUT2D eigenvalue weighted by Gasteiger charge is -2.07. The number of alkyl halides is 3. The lowest BCUT2D eigenvalue weighted by Crippen LogP contribution is -2.34. The predicted molar refractivity (Wildman–Crippen MR) is 33.3 cm³/mol. The van der Waals surface area contributed by atoms with Crippen molar-refractivity contribution in [3.63, 3.8) is 0 Å². The maximum atomic E-state index is 11.9. The van der Waals surface area contributed by atoms with Crippen LogP contribution in [0.5, 0.6) is 0 Å². The fourth-order valence-corrected chi connectivity index (χ4v) is 1.17. The van der Waals surface area contributed by atoms with Gasteiger partial charge < -0.3 is 10.8 Å². The molecular formula is C6H8F3NO2. The third-order valence-corrected chi connectivity index (χ3v) is 2.01. The molecule has 0 aromatic heterocycles. The highest BCUT2D eigenvalue weighted by Gasteiger charge is 2.58. The van der Waals surface area contributed by atoms with Crippen LogP contribution in [-0.4, -0.2) is 23.3 Å². The molecule has 3 N–H and O–H groups in total. The average molecular weight is 183 g/mol. The third-order valence-electron chi connectivity index (χ3n) is 2.01. The molecule has 0 spiro atoms. The summed E-state index contributed by atoms with van der Waals surface area (Å²) in [6.07, 6.45) is -4.45. The Hall–Kier alpha value is -0.780. The Morgan fingerprint density at radius 3 is 2.33 bits per heavy atom. The highest BCUT2D eigenvalue weighted by atomic mass is 19.4. The normalized spacial score (nSPS) is 31.3. The lowest BCUT2D eigenvalue weighted by molar-refractivity contribution is -0.153. The maximum absolute atomic E-state index is 11.9. The number of carboxylic acid groups (broad SMARTS) is 1. The van der Waals surface area contributed by atoms with Gasteiger partial charge in [-0.1, -0.05) is 0 Å². The summed E-state index contributed by atoms with van der Waals surface area (Å²) in [6, 6.07) is -1.38. The molecule has 1 fully saturated rings. The predicted octanol–water partition coefficient (Wildman–Crippen LogP) is 0.597. The van der Waals surface area contributed by atoms with E-state index >= 15 is 0 Å². The first-order valence-corrected chi connectivity index (χ1v) is 3.39. The molecule has 1 rings (SSSR count). The van der Waals surface area contributed by atoms with Crippen LogP contribution >= 0.6 is 0 Å². The average Bonchev–Trinajstić information content (AvgIpc) is 2.61. The van der Waals surface area contributed by atoms with E-state index in [-0.39, 0.29) is 6.42 Å². The summed E-state index contributed by atoms with van der Waals surface area (Å²) in [5, 5.41) is 8.28. The fourth-order valence-electron chi connectivity index (χ4n) is 1.17.